The first-order chi connectivity index (χ1) is 20.6. The second-order valence-corrected chi connectivity index (χ2v) is 12.3. The van der Waals surface area contributed by atoms with Crippen LogP contribution in [0.25, 0.3) is 10.2 Å². The fourth-order valence-electron chi connectivity index (χ4n) is 5.20. The molecular formula is C33H32F3N5OS. The first-order valence-corrected chi connectivity index (χ1v) is 15.3. The van der Waals surface area contributed by atoms with Crippen molar-refractivity contribution < 1.29 is 18.0 Å². The Labute approximate surface area is 252 Å². The van der Waals surface area contributed by atoms with Crippen LogP contribution in [0.4, 0.5) is 19.0 Å². The van der Waals surface area contributed by atoms with Gasteiger partial charge in [-0.3, -0.25) is 9.69 Å². The van der Waals surface area contributed by atoms with Gasteiger partial charge in [-0.05, 0) is 55.6 Å². The zero-order chi connectivity index (χ0) is 30.1. The maximum Gasteiger partial charge on any atom is 0.416 e. The maximum atomic E-state index is 14.0. The van der Waals surface area contributed by atoms with Crippen LogP contribution >= 0.6 is 11.3 Å². The van der Waals surface area contributed by atoms with E-state index < -0.39 is 11.7 Å². The molecule has 1 N–H and O–H groups in total. The normalized spacial score (nSPS) is 16.2. The van der Waals surface area contributed by atoms with Crippen molar-refractivity contribution in [2.45, 2.75) is 44.9 Å². The Morgan fingerprint density at radius 1 is 1.05 bits per heavy atom. The number of piperazine rings is 1. The zero-order valence-electron chi connectivity index (χ0n) is 24.1. The van der Waals surface area contributed by atoms with Gasteiger partial charge in [-0.2, -0.15) is 13.2 Å². The van der Waals surface area contributed by atoms with E-state index in [2.05, 4.69) is 32.0 Å². The first-order valence-electron chi connectivity index (χ1n) is 14.4. The molecule has 43 heavy (non-hydrogen) atoms. The fraction of sp³-hybridized carbons (Fsp3) is 0.364. The lowest BCUT2D eigenvalue weighted by molar-refractivity contribution is -0.138. The lowest BCUT2D eigenvalue weighted by Gasteiger charge is -2.33. The molecule has 222 valence electrons. The lowest BCUT2D eigenvalue weighted by Crippen LogP contribution is -2.44. The number of Topliss-reactive ketones (excluding diaryl/α,β-unsaturated/α-hetero) is 1. The van der Waals surface area contributed by atoms with Gasteiger partial charge in [0.05, 0.1) is 15.8 Å². The number of carbonyl (C=O) groups excluding carboxylic acids is 1. The summed E-state index contributed by atoms with van der Waals surface area (Å²) in [7, 11) is 2.01. The van der Waals surface area contributed by atoms with Gasteiger partial charge < -0.3 is 10.2 Å². The van der Waals surface area contributed by atoms with E-state index in [-0.39, 0.29) is 24.3 Å². The third-order valence-corrected chi connectivity index (χ3v) is 8.97. The van der Waals surface area contributed by atoms with Crippen LogP contribution in [0.1, 0.15) is 56.6 Å². The number of nitrogens with one attached hydrogen (secondary N) is 1. The Kier molecular flexibility index (Phi) is 8.23. The fourth-order valence-corrected chi connectivity index (χ4v) is 6.10. The molecule has 0 spiro atoms. The largest absolute Gasteiger partial charge is 0.416 e. The average molecular weight is 604 g/mol. The summed E-state index contributed by atoms with van der Waals surface area (Å²) in [4.78, 5) is 26.3. The Bertz CT molecular complexity index is 1730. The van der Waals surface area contributed by atoms with Crippen molar-refractivity contribution in [3.05, 3.63) is 87.0 Å². The topological polar surface area (TPSA) is 61.4 Å². The zero-order valence-corrected chi connectivity index (χ0v) is 24.9. The predicted octanol–water partition coefficient (Wildman–Crippen LogP) is 6.17. The molecule has 2 fully saturated rings. The summed E-state index contributed by atoms with van der Waals surface area (Å²) in [6.07, 6.45) is -0.804. The second kappa shape index (κ2) is 12.1. The molecule has 3 heterocycles. The second-order valence-electron chi connectivity index (χ2n) is 11.4. The highest BCUT2D eigenvalue weighted by Crippen LogP contribution is 2.34. The number of alkyl halides is 3. The quantitative estimate of drug-likeness (QED) is 0.202. The monoisotopic (exact) mass is 603 g/mol. The van der Waals surface area contributed by atoms with Crippen LogP contribution < -0.4 is 5.32 Å². The molecule has 4 aromatic rings. The van der Waals surface area contributed by atoms with E-state index in [1.54, 1.807) is 35.9 Å². The minimum atomic E-state index is -4.50. The number of rotatable bonds is 7. The highest BCUT2D eigenvalue weighted by Gasteiger charge is 2.34. The lowest BCUT2D eigenvalue weighted by atomic mass is 9.96. The van der Waals surface area contributed by atoms with Gasteiger partial charge in [-0.15, -0.1) is 11.3 Å². The molecule has 6 nitrogen and oxygen atoms in total. The first kappa shape index (κ1) is 29.3. The number of aromatic nitrogens is 2. The van der Waals surface area contributed by atoms with Gasteiger partial charge in [0.25, 0.3) is 0 Å². The average Bonchev–Trinajstić information content (AvgIpc) is 3.70. The van der Waals surface area contributed by atoms with Crippen molar-refractivity contribution in [1.82, 2.24) is 19.8 Å². The number of nitrogens with zero attached hydrogens (tertiary/aromatic N) is 4. The van der Waals surface area contributed by atoms with Gasteiger partial charge in [-0.25, -0.2) is 9.97 Å². The molecule has 1 aliphatic heterocycles. The molecule has 10 heteroatoms. The number of aryl methyl sites for hydroxylation is 1. The van der Waals surface area contributed by atoms with Gasteiger partial charge in [0.2, 0.25) is 0 Å². The summed E-state index contributed by atoms with van der Waals surface area (Å²) in [5.74, 6) is 6.96. The molecule has 1 saturated heterocycles. The molecule has 6 rings (SSSR count). The Morgan fingerprint density at radius 2 is 1.81 bits per heavy atom. The van der Waals surface area contributed by atoms with E-state index in [9.17, 15) is 18.0 Å². The minimum absolute atomic E-state index is 0.128. The van der Waals surface area contributed by atoms with Crippen LogP contribution in [-0.4, -0.2) is 64.8 Å². The molecular weight excluding hydrogens is 571 g/mol. The van der Waals surface area contributed by atoms with E-state index in [4.69, 9.17) is 0 Å². The van der Waals surface area contributed by atoms with Crippen LogP contribution in [0.15, 0.2) is 48.1 Å². The Morgan fingerprint density at radius 3 is 2.56 bits per heavy atom. The molecule has 0 atom stereocenters. The highest BCUT2D eigenvalue weighted by molar-refractivity contribution is 7.18. The van der Waals surface area contributed by atoms with Crippen LogP contribution in [0.5, 0.6) is 0 Å². The van der Waals surface area contributed by atoms with E-state index in [1.165, 1.54) is 6.07 Å². The summed E-state index contributed by atoms with van der Waals surface area (Å²) in [5, 5.41) is 5.40. The van der Waals surface area contributed by atoms with Crippen LogP contribution in [0.3, 0.4) is 0 Å². The molecule has 2 aromatic carbocycles. The van der Waals surface area contributed by atoms with Crippen molar-refractivity contribution in [2.24, 2.45) is 0 Å². The van der Waals surface area contributed by atoms with E-state index >= 15 is 0 Å². The van der Waals surface area contributed by atoms with Crippen molar-refractivity contribution >= 4 is 33.2 Å². The number of ketones is 1. The van der Waals surface area contributed by atoms with Crippen molar-refractivity contribution in [3.63, 3.8) is 0 Å². The number of carbonyl (C=O) groups is 1. The van der Waals surface area contributed by atoms with E-state index in [0.717, 1.165) is 72.2 Å². The minimum Gasteiger partial charge on any atom is -0.366 e. The van der Waals surface area contributed by atoms with Gasteiger partial charge >= 0.3 is 6.18 Å². The number of halogens is 3. The molecule has 0 amide bonds. The number of fused-ring (bicyclic) bond motifs is 1. The summed E-state index contributed by atoms with van der Waals surface area (Å²) in [5.41, 5.74) is 3.49. The van der Waals surface area contributed by atoms with Crippen LogP contribution in [-0.2, 0) is 19.1 Å². The molecule has 0 unspecified atom stereocenters. The number of likely N-dealkylation sites (N-methyl/N-ethyl adjacent to an activating group) is 1. The van der Waals surface area contributed by atoms with Crippen molar-refractivity contribution in [1.29, 1.82) is 0 Å². The molecule has 1 saturated carbocycles. The van der Waals surface area contributed by atoms with Crippen LogP contribution in [0, 0.1) is 18.8 Å². The van der Waals surface area contributed by atoms with Crippen molar-refractivity contribution in [3.8, 4) is 11.8 Å². The smallest absolute Gasteiger partial charge is 0.366 e. The van der Waals surface area contributed by atoms with Crippen LogP contribution in [0.2, 0.25) is 0 Å². The molecule has 0 radical (unpaired) electrons. The summed E-state index contributed by atoms with van der Waals surface area (Å²) in [6.45, 7) is 5.25. The summed E-state index contributed by atoms with van der Waals surface area (Å²) in [6, 6.07) is 10.0. The van der Waals surface area contributed by atoms with E-state index in [1.807, 2.05) is 30.3 Å². The molecule has 2 aliphatic rings. The van der Waals surface area contributed by atoms with Gasteiger partial charge in [-0.1, -0.05) is 36.1 Å². The maximum absolute atomic E-state index is 14.0. The SMILES string of the molecule is Cc1ccc(C(=O)Cc2ccc(CN3CCN(C)CC3)c(C(F)(F)F)c2)cc1C#Cc1csc2c(NC3CC3)ncnc12. The standard InChI is InChI=1S/C33H32F3N5OS/c1-21-3-5-24(17-23(21)7-8-26-19-43-31-30(26)37-20-38-32(31)39-27-9-10-27)29(42)16-22-4-6-25(28(15-22)33(34,35)36)18-41-13-11-40(2)12-14-41/h3-6,15,17,19-20,27H,9-14,16,18H2,1-2H3,(H,37,38,39). The van der Waals surface area contributed by atoms with Crippen molar-refractivity contribution in [2.75, 3.05) is 38.5 Å². The van der Waals surface area contributed by atoms with Gasteiger partial charge in [0, 0.05) is 61.7 Å². The molecule has 1 aliphatic carbocycles. The summed E-state index contributed by atoms with van der Waals surface area (Å²) < 4.78 is 43.1. The third kappa shape index (κ3) is 6.90. The number of thiophene rings is 1. The number of benzene rings is 2. The predicted molar refractivity (Wildman–Crippen MR) is 163 cm³/mol. The highest BCUT2D eigenvalue weighted by atomic mass is 32.1. The Balaban J connectivity index is 1.20. The Hall–Kier alpha value is -3.78. The summed E-state index contributed by atoms with van der Waals surface area (Å²) >= 11 is 1.54. The third-order valence-electron chi connectivity index (χ3n) is 8.00. The van der Waals surface area contributed by atoms with E-state index in [0.29, 0.717) is 22.7 Å². The number of hydrogen-bond donors (Lipinski definition) is 1. The molecule has 0 bridgehead atoms. The molecule has 2 aromatic heterocycles. The number of anilines is 1. The number of hydrogen-bond acceptors (Lipinski definition) is 7. The van der Waals surface area contributed by atoms with Gasteiger partial charge in [0.1, 0.15) is 17.7 Å². The van der Waals surface area contributed by atoms with Gasteiger partial charge in [0.15, 0.2) is 5.78 Å².